The summed E-state index contributed by atoms with van der Waals surface area (Å²) >= 11 is 5.92. The van der Waals surface area contributed by atoms with Crippen LogP contribution >= 0.6 is 11.6 Å². The second-order valence-corrected chi connectivity index (χ2v) is 9.48. The van der Waals surface area contributed by atoms with E-state index in [1.807, 2.05) is 6.07 Å². The van der Waals surface area contributed by atoms with Gasteiger partial charge in [0, 0.05) is 0 Å². The minimum Gasteiger partial charge on any atom is -0.282 e. The molecule has 0 spiro atoms. The number of sulfonamides is 1. The molecule has 0 amide bonds. The van der Waals surface area contributed by atoms with E-state index in [0.717, 1.165) is 0 Å². The smallest absolute Gasteiger partial charge is 0.235 e. The first-order valence-electron chi connectivity index (χ1n) is 6.15. The lowest BCUT2D eigenvalue weighted by atomic mass is 10.2. The van der Waals surface area contributed by atoms with E-state index in [1.165, 1.54) is 18.2 Å². The van der Waals surface area contributed by atoms with E-state index < -0.39 is 25.1 Å². The molecule has 1 aliphatic rings. The molecule has 1 saturated heterocycles. The lowest BCUT2D eigenvalue weighted by molar-refractivity contribution is 0.555. The van der Waals surface area contributed by atoms with Crippen molar-refractivity contribution in [1.82, 2.24) is 0 Å². The van der Waals surface area contributed by atoms with Crippen LogP contribution in [0.4, 0.5) is 5.69 Å². The summed E-state index contributed by atoms with van der Waals surface area (Å²) in [4.78, 5) is 0. The number of hydrogen-bond donors (Lipinski definition) is 1. The van der Waals surface area contributed by atoms with Crippen LogP contribution in [-0.2, 0) is 19.9 Å². The van der Waals surface area contributed by atoms with Gasteiger partial charge in [0.1, 0.15) is 9.84 Å². The number of benzene rings is 1. The average Bonchev–Trinajstić information content (AvgIpc) is 2.40. The molecule has 1 aliphatic heterocycles. The van der Waals surface area contributed by atoms with Gasteiger partial charge in [-0.15, -0.1) is 0 Å². The third-order valence-corrected chi connectivity index (χ3v) is 7.17. The Morgan fingerprint density at radius 1 is 1.29 bits per heavy atom. The second kappa shape index (κ2) is 5.83. The first-order valence-corrected chi connectivity index (χ1v) is 9.90. The van der Waals surface area contributed by atoms with Gasteiger partial charge < -0.3 is 0 Å². The van der Waals surface area contributed by atoms with Gasteiger partial charge >= 0.3 is 0 Å². The molecule has 114 valence electrons. The molecule has 1 fully saturated rings. The molecule has 1 N–H and O–H groups in total. The van der Waals surface area contributed by atoms with Crippen LogP contribution in [0.15, 0.2) is 18.2 Å². The zero-order valence-corrected chi connectivity index (χ0v) is 13.3. The highest BCUT2D eigenvalue weighted by atomic mass is 35.5. The third kappa shape index (κ3) is 3.87. The Balaban J connectivity index is 2.17. The van der Waals surface area contributed by atoms with Crippen molar-refractivity contribution < 1.29 is 16.8 Å². The molecule has 0 atom stereocenters. The van der Waals surface area contributed by atoms with Gasteiger partial charge in [-0.3, -0.25) is 4.72 Å². The van der Waals surface area contributed by atoms with Crippen molar-refractivity contribution in [1.29, 1.82) is 5.26 Å². The molecule has 1 heterocycles. The Morgan fingerprint density at radius 2 is 1.90 bits per heavy atom. The summed E-state index contributed by atoms with van der Waals surface area (Å²) in [7, 11) is -6.83. The number of nitrogens with zero attached hydrogens (tertiary/aromatic N) is 1. The minimum absolute atomic E-state index is 0.0750. The van der Waals surface area contributed by atoms with E-state index in [9.17, 15) is 16.8 Å². The normalized spacial score (nSPS) is 18.9. The number of nitrogens with one attached hydrogen (secondary N) is 1. The molecule has 9 heteroatoms. The fraction of sp³-hybridized carbons (Fsp3) is 0.417. The fourth-order valence-electron chi connectivity index (χ4n) is 2.08. The minimum atomic E-state index is -3.71. The molecular weight excluding hydrogens is 336 g/mol. The van der Waals surface area contributed by atoms with Gasteiger partial charge in [0.25, 0.3) is 0 Å². The zero-order chi connectivity index (χ0) is 15.7. The van der Waals surface area contributed by atoms with Crippen molar-refractivity contribution in [2.24, 2.45) is 0 Å². The predicted molar refractivity (Wildman–Crippen MR) is 80.4 cm³/mol. The maximum Gasteiger partial charge on any atom is 0.235 e. The van der Waals surface area contributed by atoms with Crippen molar-refractivity contribution in [3.8, 4) is 6.07 Å². The van der Waals surface area contributed by atoms with Crippen molar-refractivity contribution in [2.45, 2.75) is 18.1 Å². The Morgan fingerprint density at radius 3 is 2.43 bits per heavy atom. The van der Waals surface area contributed by atoms with Crippen LogP contribution in [0.2, 0.25) is 5.02 Å². The lowest BCUT2D eigenvalue weighted by Gasteiger charge is -2.23. The van der Waals surface area contributed by atoms with E-state index in [2.05, 4.69) is 4.72 Å². The maximum atomic E-state index is 12.2. The highest BCUT2D eigenvalue weighted by Crippen LogP contribution is 2.27. The van der Waals surface area contributed by atoms with Crippen LogP contribution in [0, 0.1) is 11.3 Å². The predicted octanol–water partition coefficient (Wildman–Crippen LogP) is 1.53. The molecule has 0 saturated carbocycles. The molecule has 0 bridgehead atoms. The Hall–Kier alpha value is -1.30. The van der Waals surface area contributed by atoms with E-state index in [4.69, 9.17) is 16.9 Å². The van der Waals surface area contributed by atoms with E-state index in [0.29, 0.717) is 5.56 Å². The number of rotatable bonds is 3. The molecule has 0 aliphatic carbocycles. The van der Waals surface area contributed by atoms with Crippen molar-refractivity contribution in [2.75, 3.05) is 16.2 Å². The molecule has 0 radical (unpaired) electrons. The van der Waals surface area contributed by atoms with E-state index in [-0.39, 0.29) is 35.1 Å². The van der Waals surface area contributed by atoms with Crippen LogP contribution < -0.4 is 4.72 Å². The zero-order valence-electron chi connectivity index (χ0n) is 10.9. The SMILES string of the molecule is N#Cc1ccc(NS(=O)(=O)C2CCS(=O)(=O)CC2)c(Cl)c1. The van der Waals surface area contributed by atoms with Crippen molar-refractivity contribution in [3.63, 3.8) is 0 Å². The molecule has 1 aromatic rings. The summed E-state index contributed by atoms with van der Waals surface area (Å²) in [5, 5.41) is 8.10. The molecule has 6 nitrogen and oxygen atoms in total. The first-order chi connectivity index (χ1) is 9.73. The molecule has 0 aromatic heterocycles. The summed E-state index contributed by atoms with van der Waals surface area (Å²) in [6.45, 7) is 0. The molecule has 1 aromatic carbocycles. The number of nitriles is 1. The Labute approximate surface area is 128 Å². The number of hydrogen-bond acceptors (Lipinski definition) is 5. The summed E-state index contributed by atoms with van der Waals surface area (Å²) < 4.78 is 49.5. The van der Waals surface area contributed by atoms with Gasteiger partial charge in [0.15, 0.2) is 0 Å². The second-order valence-electron chi connectivity index (χ2n) is 4.80. The standard InChI is InChI=1S/C12H13ClN2O4S2/c13-11-7-9(8-14)1-2-12(11)15-21(18,19)10-3-5-20(16,17)6-4-10/h1-2,7,10,15H,3-6H2. The number of anilines is 1. The molecule has 0 unspecified atom stereocenters. The summed E-state index contributed by atoms with van der Waals surface area (Å²) in [5.74, 6) is -0.251. The summed E-state index contributed by atoms with van der Waals surface area (Å²) in [6, 6.07) is 6.14. The van der Waals surface area contributed by atoms with Crippen LogP contribution in [0.25, 0.3) is 0 Å². The van der Waals surface area contributed by atoms with Gasteiger partial charge in [-0.1, -0.05) is 11.6 Å². The number of halogens is 1. The Bertz CT molecular complexity index is 783. The van der Waals surface area contributed by atoms with Gasteiger partial charge in [-0.25, -0.2) is 16.8 Å². The third-order valence-electron chi connectivity index (χ3n) is 3.29. The lowest BCUT2D eigenvalue weighted by Crippen LogP contribution is -2.36. The van der Waals surface area contributed by atoms with Gasteiger partial charge in [-0.05, 0) is 31.0 Å². The van der Waals surface area contributed by atoms with Gasteiger partial charge in [-0.2, -0.15) is 5.26 Å². The van der Waals surface area contributed by atoms with Crippen LogP contribution in [-0.4, -0.2) is 33.6 Å². The highest BCUT2D eigenvalue weighted by Gasteiger charge is 2.33. The monoisotopic (exact) mass is 348 g/mol. The largest absolute Gasteiger partial charge is 0.282 e. The maximum absolute atomic E-state index is 12.2. The topological polar surface area (TPSA) is 104 Å². The highest BCUT2D eigenvalue weighted by molar-refractivity contribution is 7.94. The quantitative estimate of drug-likeness (QED) is 0.891. The summed E-state index contributed by atoms with van der Waals surface area (Å²) in [6.07, 6.45) is 0.150. The summed E-state index contributed by atoms with van der Waals surface area (Å²) in [5.41, 5.74) is 0.510. The average molecular weight is 349 g/mol. The van der Waals surface area contributed by atoms with E-state index in [1.54, 1.807) is 0 Å². The molecular formula is C12H13ClN2O4S2. The van der Waals surface area contributed by atoms with Gasteiger partial charge in [0.05, 0.1) is 39.1 Å². The Kier molecular flexibility index (Phi) is 4.46. The van der Waals surface area contributed by atoms with Gasteiger partial charge in [0.2, 0.25) is 10.0 Å². The van der Waals surface area contributed by atoms with Crippen molar-refractivity contribution in [3.05, 3.63) is 28.8 Å². The molecule has 2 rings (SSSR count). The first kappa shape index (κ1) is 16.1. The van der Waals surface area contributed by atoms with E-state index >= 15 is 0 Å². The van der Waals surface area contributed by atoms with Crippen molar-refractivity contribution >= 4 is 37.1 Å². The molecule has 21 heavy (non-hydrogen) atoms. The van der Waals surface area contributed by atoms with Crippen LogP contribution in [0.5, 0.6) is 0 Å². The fourth-order valence-corrected chi connectivity index (χ4v) is 5.66. The van der Waals surface area contributed by atoms with Crippen LogP contribution in [0.1, 0.15) is 18.4 Å². The number of sulfone groups is 1. The van der Waals surface area contributed by atoms with Crippen LogP contribution in [0.3, 0.4) is 0 Å².